The van der Waals surface area contributed by atoms with Crippen LogP contribution in [0.15, 0.2) is 30.3 Å². The van der Waals surface area contributed by atoms with Crippen molar-refractivity contribution in [1.29, 1.82) is 0 Å². The van der Waals surface area contributed by atoms with Crippen LogP contribution in [0.25, 0.3) is 5.69 Å². The molecule has 0 aliphatic heterocycles. The molecule has 0 radical (unpaired) electrons. The molecule has 1 aromatic heterocycles. The zero-order valence-corrected chi connectivity index (χ0v) is 13.3. The molecule has 116 valence electrons. The van der Waals surface area contributed by atoms with Crippen molar-refractivity contribution < 1.29 is 4.79 Å². The van der Waals surface area contributed by atoms with Crippen LogP contribution in [0.4, 0.5) is 0 Å². The van der Waals surface area contributed by atoms with Crippen LogP contribution in [0.1, 0.15) is 48.4 Å². The molecule has 4 nitrogen and oxygen atoms in total. The molecule has 1 aliphatic rings. The normalized spacial score (nSPS) is 13.4. The average molecular weight is 297 g/mol. The molecular formula is C18H23N3O. The molecule has 0 fully saturated rings. The first-order chi connectivity index (χ1) is 10.7. The highest BCUT2D eigenvalue weighted by atomic mass is 16.1. The van der Waals surface area contributed by atoms with Crippen molar-refractivity contribution in [2.24, 2.45) is 5.92 Å². The van der Waals surface area contributed by atoms with Gasteiger partial charge in [-0.2, -0.15) is 5.10 Å². The van der Waals surface area contributed by atoms with E-state index in [4.69, 9.17) is 0 Å². The van der Waals surface area contributed by atoms with Crippen molar-refractivity contribution in [1.82, 2.24) is 15.1 Å². The second kappa shape index (κ2) is 6.34. The van der Waals surface area contributed by atoms with Gasteiger partial charge in [-0.3, -0.25) is 4.79 Å². The van der Waals surface area contributed by atoms with Crippen molar-refractivity contribution >= 4 is 5.91 Å². The Kier molecular flexibility index (Phi) is 4.27. The summed E-state index contributed by atoms with van der Waals surface area (Å²) in [5.74, 6) is 0.557. The number of fused-ring (bicyclic) bond motifs is 1. The van der Waals surface area contributed by atoms with Gasteiger partial charge >= 0.3 is 0 Å². The molecule has 0 saturated heterocycles. The van der Waals surface area contributed by atoms with Gasteiger partial charge in [0.05, 0.1) is 5.69 Å². The molecule has 0 spiro atoms. The van der Waals surface area contributed by atoms with E-state index in [9.17, 15) is 4.79 Å². The van der Waals surface area contributed by atoms with Gasteiger partial charge in [0.1, 0.15) is 0 Å². The third-order valence-corrected chi connectivity index (χ3v) is 4.15. The topological polar surface area (TPSA) is 46.9 Å². The van der Waals surface area contributed by atoms with E-state index < -0.39 is 0 Å². The quantitative estimate of drug-likeness (QED) is 0.921. The van der Waals surface area contributed by atoms with Gasteiger partial charge in [0.2, 0.25) is 0 Å². The lowest BCUT2D eigenvalue weighted by Crippen LogP contribution is -2.26. The fourth-order valence-electron chi connectivity index (χ4n) is 2.96. The molecular weight excluding hydrogens is 274 g/mol. The first kappa shape index (κ1) is 14.8. The Labute approximate surface area is 131 Å². The van der Waals surface area contributed by atoms with Crippen molar-refractivity contribution in [3.05, 3.63) is 47.3 Å². The minimum Gasteiger partial charge on any atom is -0.351 e. The molecule has 0 atom stereocenters. The number of aromatic nitrogens is 2. The van der Waals surface area contributed by atoms with Gasteiger partial charge in [0, 0.05) is 17.8 Å². The van der Waals surface area contributed by atoms with Crippen LogP contribution < -0.4 is 5.32 Å². The Morgan fingerprint density at radius 3 is 2.77 bits per heavy atom. The zero-order chi connectivity index (χ0) is 15.5. The van der Waals surface area contributed by atoms with E-state index >= 15 is 0 Å². The van der Waals surface area contributed by atoms with Gasteiger partial charge in [-0.25, -0.2) is 4.68 Å². The lowest BCUT2D eigenvalue weighted by Gasteiger charge is -2.06. The second-order valence-electron chi connectivity index (χ2n) is 6.31. The number of benzene rings is 1. The summed E-state index contributed by atoms with van der Waals surface area (Å²) in [4.78, 5) is 12.4. The van der Waals surface area contributed by atoms with E-state index in [1.807, 2.05) is 35.0 Å². The molecule has 1 aromatic carbocycles. The van der Waals surface area contributed by atoms with Gasteiger partial charge in [-0.05, 0) is 43.7 Å². The second-order valence-corrected chi connectivity index (χ2v) is 6.31. The Balaban J connectivity index is 1.85. The molecule has 0 unspecified atom stereocenters. The maximum Gasteiger partial charge on any atom is 0.272 e. The molecule has 0 saturated carbocycles. The number of para-hydroxylation sites is 1. The number of hydrogen-bond acceptors (Lipinski definition) is 2. The van der Waals surface area contributed by atoms with Crippen molar-refractivity contribution in [2.75, 3.05) is 6.54 Å². The highest BCUT2D eigenvalue weighted by Crippen LogP contribution is 2.27. The van der Waals surface area contributed by atoms with Gasteiger partial charge in [0.15, 0.2) is 5.69 Å². The number of rotatable bonds is 5. The molecule has 3 rings (SSSR count). The fourth-order valence-corrected chi connectivity index (χ4v) is 2.96. The van der Waals surface area contributed by atoms with Crippen LogP contribution in [-0.4, -0.2) is 22.2 Å². The molecule has 2 aromatic rings. The molecule has 1 amide bonds. The standard InChI is InChI=1S/C18H23N3O/c1-13(2)11-12-19-18(22)17-15-9-6-10-16(15)21(20-17)14-7-4-3-5-8-14/h3-5,7-8,13H,6,9-12H2,1-2H3,(H,19,22). The Morgan fingerprint density at radius 2 is 2.05 bits per heavy atom. The van der Waals surface area contributed by atoms with Gasteiger partial charge in [0.25, 0.3) is 5.91 Å². The molecule has 0 bridgehead atoms. The SMILES string of the molecule is CC(C)CCNC(=O)c1nn(-c2ccccc2)c2c1CCC2. The van der Waals surface area contributed by atoms with Crippen LogP contribution in [0, 0.1) is 5.92 Å². The van der Waals surface area contributed by atoms with E-state index in [2.05, 4.69) is 24.3 Å². The Morgan fingerprint density at radius 1 is 1.27 bits per heavy atom. The first-order valence-corrected chi connectivity index (χ1v) is 8.11. The van der Waals surface area contributed by atoms with Crippen LogP contribution in [-0.2, 0) is 12.8 Å². The monoisotopic (exact) mass is 297 g/mol. The van der Waals surface area contributed by atoms with Crippen LogP contribution in [0.2, 0.25) is 0 Å². The summed E-state index contributed by atoms with van der Waals surface area (Å²) in [7, 11) is 0. The Bertz CT molecular complexity index is 658. The summed E-state index contributed by atoms with van der Waals surface area (Å²) >= 11 is 0. The minimum absolute atomic E-state index is 0.0338. The largest absolute Gasteiger partial charge is 0.351 e. The minimum atomic E-state index is -0.0338. The predicted octanol–water partition coefficient (Wildman–Crippen LogP) is 3.14. The number of carbonyl (C=O) groups is 1. The highest BCUT2D eigenvalue weighted by molar-refractivity contribution is 5.94. The Hall–Kier alpha value is -2.10. The van der Waals surface area contributed by atoms with Crippen molar-refractivity contribution in [3.63, 3.8) is 0 Å². The van der Waals surface area contributed by atoms with Gasteiger partial charge < -0.3 is 5.32 Å². The van der Waals surface area contributed by atoms with Crippen LogP contribution >= 0.6 is 0 Å². The summed E-state index contributed by atoms with van der Waals surface area (Å²) in [5.41, 5.74) is 3.97. The number of carbonyl (C=O) groups excluding carboxylic acids is 1. The molecule has 22 heavy (non-hydrogen) atoms. The van der Waals surface area contributed by atoms with E-state index in [0.29, 0.717) is 18.2 Å². The van der Waals surface area contributed by atoms with Crippen molar-refractivity contribution in [3.8, 4) is 5.69 Å². The summed E-state index contributed by atoms with van der Waals surface area (Å²) in [5, 5.41) is 7.61. The summed E-state index contributed by atoms with van der Waals surface area (Å²) < 4.78 is 1.94. The number of amides is 1. The van der Waals surface area contributed by atoms with Gasteiger partial charge in [-0.1, -0.05) is 32.0 Å². The fraction of sp³-hybridized carbons (Fsp3) is 0.444. The lowest BCUT2D eigenvalue weighted by atomic mass is 10.1. The van der Waals surface area contributed by atoms with Gasteiger partial charge in [-0.15, -0.1) is 0 Å². The summed E-state index contributed by atoms with van der Waals surface area (Å²) in [6.07, 6.45) is 4.05. The predicted molar refractivity (Wildman–Crippen MR) is 87.4 cm³/mol. The highest BCUT2D eigenvalue weighted by Gasteiger charge is 2.26. The molecule has 1 aliphatic carbocycles. The molecule has 4 heteroatoms. The van der Waals surface area contributed by atoms with Crippen LogP contribution in [0.3, 0.4) is 0 Å². The van der Waals surface area contributed by atoms with Crippen molar-refractivity contribution in [2.45, 2.75) is 39.5 Å². The van der Waals surface area contributed by atoms with Crippen LogP contribution in [0.5, 0.6) is 0 Å². The summed E-state index contributed by atoms with van der Waals surface area (Å²) in [6.45, 7) is 5.03. The molecule has 1 heterocycles. The number of nitrogens with zero attached hydrogens (tertiary/aromatic N) is 2. The van der Waals surface area contributed by atoms with E-state index in [1.165, 1.54) is 5.69 Å². The van der Waals surface area contributed by atoms with E-state index in [-0.39, 0.29) is 5.91 Å². The maximum atomic E-state index is 12.4. The zero-order valence-electron chi connectivity index (χ0n) is 13.3. The third-order valence-electron chi connectivity index (χ3n) is 4.15. The third kappa shape index (κ3) is 2.91. The number of nitrogens with one attached hydrogen (secondary N) is 1. The first-order valence-electron chi connectivity index (χ1n) is 8.11. The van der Waals surface area contributed by atoms with E-state index in [1.54, 1.807) is 0 Å². The number of hydrogen-bond donors (Lipinski definition) is 1. The molecule has 1 N–H and O–H groups in total. The smallest absolute Gasteiger partial charge is 0.272 e. The average Bonchev–Trinajstić information content (AvgIpc) is 3.09. The van der Waals surface area contributed by atoms with E-state index in [0.717, 1.165) is 36.9 Å². The lowest BCUT2D eigenvalue weighted by molar-refractivity contribution is 0.0945. The maximum absolute atomic E-state index is 12.4. The summed E-state index contributed by atoms with van der Waals surface area (Å²) in [6, 6.07) is 10.1.